The van der Waals surface area contributed by atoms with Gasteiger partial charge in [-0.25, -0.2) is 0 Å². The molecule has 0 radical (unpaired) electrons. The van der Waals surface area contributed by atoms with Crippen LogP contribution in [0.3, 0.4) is 0 Å². The van der Waals surface area contributed by atoms with E-state index in [0.29, 0.717) is 6.54 Å². The van der Waals surface area contributed by atoms with E-state index in [-0.39, 0.29) is 22.4 Å². The van der Waals surface area contributed by atoms with Gasteiger partial charge in [0.25, 0.3) is 0 Å². The van der Waals surface area contributed by atoms with Gasteiger partial charge >= 0.3 is 22.4 Å². The van der Waals surface area contributed by atoms with Crippen LogP contribution in [0.4, 0.5) is 0 Å². The molecule has 0 aliphatic heterocycles. The van der Waals surface area contributed by atoms with E-state index in [1.165, 1.54) is 0 Å². The second-order valence-corrected chi connectivity index (χ2v) is 0.354. The predicted molar refractivity (Wildman–Crippen MR) is 14.9 cm³/mol. The van der Waals surface area contributed by atoms with E-state index in [1.54, 1.807) is 6.92 Å². The van der Waals surface area contributed by atoms with Gasteiger partial charge in [-0.2, -0.15) is 6.54 Å². The van der Waals surface area contributed by atoms with Crippen molar-refractivity contribution in [2.24, 2.45) is 0 Å². The Hall–Kier alpha value is 0.700. The molecule has 0 amide bonds. The molecule has 30 valence electrons. The average molecular weight is 152 g/mol. The molecule has 0 atom stereocenters. The second-order valence-electron chi connectivity index (χ2n) is 0.354. The third kappa shape index (κ3) is 15.9. The van der Waals surface area contributed by atoms with Gasteiger partial charge in [0.2, 0.25) is 0 Å². The van der Waals surface area contributed by atoms with E-state index in [9.17, 15) is 0 Å². The Morgan fingerprint density at radius 3 is 1.75 bits per heavy atom. The summed E-state index contributed by atoms with van der Waals surface area (Å²) in [6.45, 7) is 2.29. The Morgan fingerprint density at radius 2 is 1.75 bits per heavy atom. The van der Waals surface area contributed by atoms with Gasteiger partial charge in [0.15, 0.2) is 0 Å². The quantitative estimate of drug-likeness (QED) is 0.463. The maximum Gasteiger partial charge on any atom is 1.00 e. The molecule has 0 aromatic carbocycles. The molecular formula is C2H6AgN. The number of hydrogen-bond acceptors (Lipinski definition) is 0. The van der Waals surface area contributed by atoms with Crippen LogP contribution >= 0.6 is 0 Å². The van der Waals surface area contributed by atoms with Crippen LogP contribution in [0.25, 0.3) is 5.73 Å². The van der Waals surface area contributed by atoms with Gasteiger partial charge in [0.1, 0.15) is 0 Å². The molecule has 0 aromatic rings. The summed E-state index contributed by atoms with van der Waals surface area (Å²) >= 11 is 0. The standard InChI is InChI=1S/C2H6N.Ag/c1-2-3;/h3H,2H2,1H3;/q-1;+1. The topological polar surface area (TPSA) is 23.8 Å². The minimum atomic E-state index is 0. The molecule has 2 heteroatoms. The van der Waals surface area contributed by atoms with Crippen molar-refractivity contribution in [1.29, 1.82) is 0 Å². The molecule has 0 saturated heterocycles. The second kappa shape index (κ2) is 9.33. The SMILES string of the molecule is CC[NH-].[Ag+]. The molecular weight excluding hydrogens is 146 g/mol. The fourth-order valence-electron chi connectivity index (χ4n) is 0. The molecule has 1 nitrogen and oxygen atoms in total. The van der Waals surface area contributed by atoms with E-state index in [1.807, 2.05) is 0 Å². The van der Waals surface area contributed by atoms with Crippen LogP contribution in [0, 0.1) is 0 Å². The largest absolute Gasteiger partial charge is 1.00 e. The van der Waals surface area contributed by atoms with Crippen LogP contribution in [0.15, 0.2) is 0 Å². The maximum absolute atomic E-state index is 6.21. The van der Waals surface area contributed by atoms with Crippen LogP contribution in [0.1, 0.15) is 6.92 Å². The first-order chi connectivity index (χ1) is 1.41. The Bertz CT molecular complexity index is 6.00. The first-order valence-corrected chi connectivity index (χ1v) is 1.06. The van der Waals surface area contributed by atoms with E-state index in [0.717, 1.165) is 0 Å². The summed E-state index contributed by atoms with van der Waals surface area (Å²) in [5, 5.41) is 0. The van der Waals surface area contributed by atoms with Gasteiger partial charge in [0, 0.05) is 0 Å². The Morgan fingerprint density at radius 1 is 1.75 bits per heavy atom. The molecule has 0 fully saturated rings. The molecule has 0 spiro atoms. The molecule has 0 saturated carbocycles. The first kappa shape index (κ1) is 8.83. The van der Waals surface area contributed by atoms with Gasteiger partial charge < -0.3 is 5.73 Å². The van der Waals surface area contributed by atoms with Crippen molar-refractivity contribution >= 4 is 0 Å². The predicted octanol–water partition coefficient (Wildman–Crippen LogP) is 1.06. The van der Waals surface area contributed by atoms with Gasteiger partial charge in [-0.1, -0.05) is 6.92 Å². The molecule has 0 heterocycles. The summed E-state index contributed by atoms with van der Waals surface area (Å²) in [7, 11) is 0. The van der Waals surface area contributed by atoms with Crippen LogP contribution in [-0.4, -0.2) is 6.54 Å². The van der Waals surface area contributed by atoms with Crippen molar-refractivity contribution in [1.82, 2.24) is 0 Å². The zero-order valence-corrected chi connectivity index (χ0v) is 3.99. The molecule has 1 N–H and O–H groups in total. The van der Waals surface area contributed by atoms with Gasteiger partial charge in [-0.15, -0.1) is 0 Å². The average Bonchev–Trinajstić information content (AvgIpc) is 0.918. The van der Waals surface area contributed by atoms with Crippen molar-refractivity contribution in [2.75, 3.05) is 6.54 Å². The van der Waals surface area contributed by atoms with Crippen molar-refractivity contribution in [3.8, 4) is 0 Å². The first-order valence-electron chi connectivity index (χ1n) is 1.06. The van der Waals surface area contributed by atoms with Crippen LogP contribution < -0.4 is 0 Å². The summed E-state index contributed by atoms with van der Waals surface area (Å²) in [5.41, 5.74) is 6.21. The summed E-state index contributed by atoms with van der Waals surface area (Å²) in [6.07, 6.45) is 0. The van der Waals surface area contributed by atoms with Gasteiger partial charge in [0.05, 0.1) is 0 Å². The molecule has 4 heavy (non-hydrogen) atoms. The molecule has 0 aliphatic carbocycles. The summed E-state index contributed by atoms with van der Waals surface area (Å²) in [5.74, 6) is 0. The fraction of sp³-hybridized carbons (Fsp3) is 1.00. The summed E-state index contributed by atoms with van der Waals surface area (Å²) < 4.78 is 0. The molecule has 0 bridgehead atoms. The maximum atomic E-state index is 6.21. The number of hydrogen-bond donors (Lipinski definition) is 0. The fourth-order valence-corrected chi connectivity index (χ4v) is 0. The van der Waals surface area contributed by atoms with E-state index >= 15 is 0 Å². The number of rotatable bonds is 0. The van der Waals surface area contributed by atoms with E-state index in [4.69, 9.17) is 5.73 Å². The normalized spacial score (nSPS) is 4.50. The molecule has 0 aliphatic rings. The molecule has 0 unspecified atom stereocenters. The van der Waals surface area contributed by atoms with E-state index < -0.39 is 0 Å². The van der Waals surface area contributed by atoms with Gasteiger partial charge in [-0.3, -0.25) is 0 Å². The van der Waals surface area contributed by atoms with Crippen LogP contribution in [0.5, 0.6) is 0 Å². The minimum Gasteiger partial charge on any atom is -0.678 e. The molecule has 0 aromatic heterocycles. The Balaban J connectivity index is 0. The zero-order chi connectivity index (χ0) is 2.71. The third-order valence-corrected chi connectivity index (χ3v) is 0. The van der Waals surface area contributed by atoms with Crippen molar-refractivity contribution in [2.45, 2.75) is 6.92 Å². The monoisotopic (exact) mass is 151 g/mol. The van der Waals surface area contributed by atoms with Gasteiger partial charge in [-0.05, 0) is 0 Å². The Labute approximate surface area is 42.1 Å². The molecule has 0 rings (SSSR count). The van der Waals surface area contributed by atoms with Crippen molar-refractivity contribution in [3.05, 3.63) is 5.73 Å². The van der Waals surface area contributed by atoms with Crippen LogP contribution in [0.2, 0.25) is 0 Å². The zero-order valence-electron chi connectivity index (χ0n) is 2.51. The van der Waals surface area contributed by atoms with E-state index in [2.05, 4.69) is 0 Å². The smallest absolute Gasteiger partial charge is 0.678 e. The summed E-state index contributed by atoms with van der Waals surface area (Å²) in [6, 6.07) is 0. The van der Waals surface area contributed by atoms with Crippen molar-refractivity contribution in [3.63, 3.8) is 0 Å². The van der Waals surface area contributed by atoms with Crippen LogP contribution in [-0.2, 0) is 22.4 Å². The number of nitrogens with one attached hydrogen (secondary N) is 1. The Kier molecular flexibility index (Phi) is 20.6. The van der Waals surface area contributed by atoms with Crippen molar-refractivity contribution < 1.29 is 22.4 Å². The summed E-state index contributed by atoms with van der Waals surface area (Å²) in [4.78, 5) is 0. The third-order valence-electron chi connectivity index (χ3n) is 0. The minimum absolute atomic E-state index is 0.